The summed E-state index contributed by atoms with van der Waals surface area (Å²) in [6.45, 7) is 16.5. The SMILES string of the molecule is C=CCCCCCCN=C(OC(C)(C)C)OC(C)(C)C. The number of aliphatic imine (C=N–C) groups is 1. The van der Waals surface area contributed by atoms with Gasteiger partial charge in [0, 0.05) is 6.54 Å². The molecule has 0 saturated heterocycles. The van der Waals surface area contributed by atoms with E-state index in [2.05, 4.69) is 11.6 Å². The van der Waals surface area contributed by atoms with Crippen molar-refractivity contribution in [3.63, 3.8) is 0 Å². The summed E-state index contributed by atoms with van der Waals surface area (Å²) in [5, 5.41) is 0. The lowest BCUT2D eigenvalue weighted by atomic mass is 10.1. The van der Waals surface area contributed by atoms with E-state index in [1.54, 1.807) is 0 Å². The molecule has 0 aromatic heterocycles. The molecule has 0 radical (unpaired) electrons. The van der Waals surface area contributed by atoms with Crippen LogP contribution in [0, 0.1) is 0 Å². The molecule has 0 aromatic carbocycles. The zero-order valence-electron chi connectivity index (χ0n) is 14.3. The van der Waals surface area contributed by atoms with Crippen molar-refractivity contribution in [3.8, 4) is 0 Å². The second kappa shape index (κ2) is 9.04. The smallest absolute Gasteiger partial charge is 0.384 e. The summed E-state index contributed by atoms with van der Waals surface area (Å²) in [6, 6.07) is 0. The molecule has 0 heterocycles. The average Bonchev–Trinajstić information content (AvgIpc) is 2.23. The van der Waals surface area contributed by atoms with Crippen LogP contribution in [-0.2, 0) is 9.47 Å². The molecule has 118 valence electrons. The van der Waals surface area contributed by atoms with Crippen molar-refractivity contribution in [1.29, 1.82) is 0 Å². The van der Waals surface area contributed by atoms with Gasteiger partial charge < -0.3 is 9.47 Å². The zero-order chi connectivity index (χ0) is 15.6. The molecule has 0 aliphatic carbocycles. The molecular weight excluding hydrogens is 250 g/mol. The average molecular weight is 283 g/mol. The molecule has 0 N–H and O–H groups in total. The van der Waals surface area contributed by atoms with Crippen molar-refractivity contribution in [2.45, 2.75) is 84.8 Å². The number of hydrogen-bond acceptors (Lipinski definition) is 3. The molecule has 3 heteroatoms. The lowest BCUT2D eigenvalue weighted by Gasteiger charge is -2.27. The van der Waals surface area contributed by atoms with E-state index in [0.29, 0.717) is 6.08 Å². The topological polar surface area (TPSA) is 30.8 Å². The minimum Gasteiger partial charge on any atom is -0.445 e. The molecule has 0 bridgehead atoms. The Kier molecular flexibility index (Phi) is 8.59. The van der Waals surface area contributed by atoms with Crippen LogP contribution in [0.4, 0.5) is 0 Å². The van der Waals surface area contributed by atoms with Crippen LogP contribution in [0.25, 0.3) is 0 Å². The Morgan fingerprint density at radius 2 is 1.40 bits per heavy atom. The number of ether oxygens (including phenoxy) is 2. The van der Waals surface area contributed by atoms with Crippen LogP contribution < -0.4 is 0 Å². The molecule has 0 aliphatic heterocycles. The van der Waals surface area contributed by atoms with Crippen LogP contribution in [-0.4, -0.2) is 23.8 Å². The maximum absolute atomic E-state index is 5.77. The van der Waals surface area contributed by atoms with Crippen molar-refractivity contribution in [2.75, 3.05) is 6.54 Å². The predicted octanol–water partition coefficient (Wildman–Crippen LogP) is 5.11. The van der Waals surface area contributed by atoms with E-state index in [1.807, 2.05) is 47.6 Å². The van der Waals surface area contributed by atoms with Gasteiger partial charge in [-0.05, 0) is 60.8 Å². The third-order valence-electron chi connectivity index (χ3n) is 2.34. The quantitative estimate of drug-likeness (QED) is 0.281. The number of hydrogen-bond donors (Lipinski definition) is 0. The Hall–Kier alpha value is -0.990. The fraction of sp³-hybridized carbons (Fsp3) is 0.824. The summed E-state index contributed by atoms with van der Waals surface area (Å²) in [5.41, 5.74) is -0.567. The van der Waals surface area contributed by atoms with Gasteiger partial charge in [0.05, 0.1) is 0 Å². The molecule has 0 saturated carbocycles. The van der Waals surface area contributed by atoms with Gasteiger partial charge in [-0.2, -0.15) is 0 Å². The maximum Gasteiger partial charge on any atom is 0.384 e. The molecular formula is C17H33NO2. The van der Waals surface area contributed by atoms with Crippen LogP contribution in [0.2, 0.25) is 0 Å². The fourth-order valence-electron chi connectivity index (χ4n) is 1.53. The third kappa shape index (κ3) is 13.4. The number of rotatable bonds is 7. The molecule has 0 amide bonds. The monoisotopic (exact) mass is 283 g/mol. The van der Waals surface area contributed by atoms with Gasteiger partial charge in [0.15, 0.2) is 0 Å². The zero-order valence-corrected chi connectivity index (χ0v) is 14.3. The van der Waals surface area contributed by atoms with Crippen LogP contribution in [0.5, 0.6) is 0 Å². The summed E-state index contributed by atoms with van der Waals surface area (Å²) in [5.74, 6) is 0. The van der Waals surface area contributed by atoms with Gasteiger partial charge in [-0.15, -0.1) is 6.58 Å². The summed E-state index contributed by atoms with van der Waals surface area (Å²) < 4.78 is 11.5. The van der Waals surface area contributed by atoms with E-state index in [4.69, 9.17) is 9.47 Å². The van der Waals surface area contributed by atoms with Gasteiger partial charge in [0.1, 0.15) is 11.2 Å². The largest absolute Gasteiger partial charge is 0.445 e. The summed E-state index contributed by atoms with van der Waals surface area (Å²) in [4.78, 5) is 4.46. The van der Waals surface area contributed by atoms with Gasteiger partial charge in [-0.25, -0.2) is 4.99 Å². The first-order valence-electron chi connectivity index (χ1n) is 7.67. The highest BCUT2D eigenvalue weighted by molar-refractivity contribution is 5.67. The number of unbranched alkanes of at least 4 members (excludes halogenated alkanes) is 4. The van der Waals surface area contributed by atoms with Gasteiger partial charge in [0.2, 0.25) is 0 Å². The van der Waals surface area contributed by atoms with Crippen molar-refractivity contribution in [1.82, 2.24) is 0 Å². The fourth-order valence-corrected chi connectivity index (χ4v) is 1.53. The van der Waals surface area contributed by atoms with Crippen LogP contribution in [0.3, 0.4) is 0 Å². The predicted molar refractivity (Wildman–Crippen MR) is 87.3 cm³/mol. The minimum absolute atomic E-state index is 0.284. The standard InChI is InChI=1S/C17H33NO2/c1-8-9-10-11-12-13-14-18-15(19-16(2,3)4)20-17(5,6)7/h8H,1,9-14H2,2-7H3. The van der Waals surface area contributed by atoms with E-state index in [9.17, 15) is 0 Å². The second-order valence-corrected chi connectivity index (χ2v) is 7.07. The first-order valence-corrected chi connectivity index (χ1v) is 7.67. The Labute approximate surface area is 125 Å². The summed E-state index contributed by atoms with van der Waals surface area (Å²) >= 11 is 0. The highest BCUT2D eigenvalue weighted by Gasteiger charge is 2.21. The second-order valence-electron chi connectivity index (χ2n) is 7.07. The Morgan fingerprint density at radius 3 is 1.85 bits per heavy atom. The highest BCUT2D eigenvalue weighted by atomic mass is 16.7. The van der Waals surface area contributed by atoms with E-state index >= 15 is 0 Å². The van der Waals surface area contributed by atoms with E-state index in [-0.39, 0.29) is 11.2 Å². The van der Waals surface area contributed by atoms with Gasteiger partial charge in [0.25, 0.3) is 0 Å². The Balaban J connectivity index is 4.18. The summed E-state index contributed by atoms with van der Waals surface area (Å²) in [6.07, 6.45) is 8.21. The first-order chi connectivity index (χ1) is 9.14. The van der Waals surface area contributed by atoms with Crippen molar-refractivity contribution in [2.24, 2.45) is 4.99 Å². The van der Waals surface area contributed by atoms with Crippen molar-refractivity contribution >= 4 is 6.08 Å². The molecule has 0 fully saturated rings. The molecule has 0 atom stereocenters. The van der Waals surface area contributed by atoms with Crippen LogP contribution in [0.15, 0.2) is 17.6 Å². The third-order valence-corrected chi connectivity index (χ3v) is 2.34. The molecule has 0 aliphatic rings. The molecule has 3 nitrogen and oxygen atoms in total. The number of nitrogens with zero attached hydrogens (tertiary/aromatic N) is 1. The normalized spacial score (nSPS) is 11.9. The molecule has 0 spiro atoms. The highest BCUT2D eigenvalue weighted by Crippen LogP contribution is 2.14. The molecule has 0 unspecified atom stereocenters. The van der Waals surface area contributed by atoms with Crippen LogP contribution in [0.1, 0.15) is 73.6 Å². The van der Waals surface area contributed by atoms with E-state index in [0.717, 1.165) is 19.4 Å². The van der Waals surface area contributed by atoms with Gasteiger partial charge >= 0.3 is 6.08 Å². The lowest BCUT2D eigenvalue weighted by Crippen LogP contribution is -2.32. The minimum atomic E-state index is -0.284. The summed E-state index contributed by atoms with van der Waals surface area (Å²) in [7, 11) is 0. The number of allylic oxidation sites excluding steroid dienone is 1. The van der Waals surface area contributed by atoms with Crippen LogP contribution >= 0.6 is 0 Å². The van der Waals surface area contributed by atoms with E-state index < -0.39 is 0 Å². The Bertz CT molecular complexity index is 277. The van der Waals surface area contributed by atoms with Gasteiger partial charge in [-0.3, -0.25) is 0 Å². The van der Waals surface area contributed by atoms with Gasteiger partial charge in [-0.1, -0.05) is 18.9 Å². The van der Waals surface area contributed by atoms with E-state index in [1.165, 1.54) is 19.3 Å². The first kappa shape index (κ1) is 19.0. The molecule has 20 heavy (non-hydrogen) atoms. The lowest BCUT2D eigenvalue weighted by molar-refractivity contribution is 0.00878. The van der Waals surface area contributed by atoms with Crippen molar-refractivity contribution in [3.05, 3.63) is 12.7 Å². The molecule has 0 aromatic rings. The maximum atomic E-state index is 5.77. The van der Waals surface area contributed by atoms with Crippen molar-refractivity contribution < 1.29 is 9.47 Å². The molecule has 0 rings (SSSR count). The Morgan fingerprint density at radius 1 is 0.900 bits per heavy atom.